The van der Waals surface area contributed by atoms with Crippen molar-refractivity contribution in [3.63, 3.8) is 0 Å². The third kappa shape index (κ3) is 5.22. The van der Waals surface area contributed by atoms with Gasteiger partial charge in [0, 0.05) is 10.2 Å². The fraction of sp³-hybridized carbons (Fsp3) is 0.133. The molecule has 0 spiro atoms. The summed E-state index contributed by atoms with van der Waals surface area (Å²) in [5.41, 5.74) is 0.617. The van der Waals surface area contributed by atoms with Crippen LogP contribution < -0.4 is 10.0 Å². The van der Waals surface area contributed by atoms with Crippen LogP contribution in [0.3, 0.4) is 0 Å². The maximum atomic E-state index is 12.5. The number of halogens is 1. The van der Waals surface area contributed by atoms with Crippen molar-refractivity contribution in [3.8, 4) is 0 Å². The second-order valence-electron chi connectivity index (χ2n) is 4.69. The lowest BCUT2D eigenvalue weighted by molar-refractivity contribution is 0.0870. The number of sulfonamides is 1. The quantitative estimate of drug-likeness (QED) is 0.475. The predicted octanol–water partition coefficient (Wildman–Crippen LogP) is 2.86. The number of nitrogens with one attached hydrogen (secondary N) is 2. The molecule has 3 N–H and O–H groups in total. The van der Waals surface area contributed by atoms with Crippen LogP contribution in [0.2, 0.25) is 0 Å². The van der Waals surface area contributed by atoms with Gasteiger partial charge in [0.05, 0.1) is 4.90 Å². The molecular weight excluding hydrogens is 400 g/mol. The Morgan fingerprint density at radius 3 is 2.38 bits per heavy atom. The summed E-state index contributed by atoms with van der Waals surface area (Å²) < 4.78 is 32.3. The van der Waals surface area contributed by atoms with Crippen molar-refractivity contribution < 1.29 is 23.1 Å². The van der Waals surface area contributed by atoms with E-state index < -0.39 is 29.0 Å². The van der Waals surface area contributed by atoms with E-state index in [0.29, 0.717) is 10.2 Å². The predicted molar refractivity (Wildman–Crippen MR) is 92.3 cm³/mol. The largest absolute Gasteiger partial charge is 0.505 e. The smallest absolute Gasteiger partial charge is 0.450 e. The van der Waals surface area contributed by atoms with Crippen molar-refractivity contribution in [1.82, 2.24) is 4.72 Å². The van der Waals surface area contributed by atoms with E-state index in [2.05, 4.69) is 30.7 Å². The Hall–Kier alpha value is -2.10. The first kappa shape index (κ1) is 18.2. The highest BCUT2D eigenvalue weighted by Crippen LogP contribution is 2.21. The van der Waals surface area contributed by atoms with Gasteiger partial charge in [-0.15, -0.1) is 0 Å². The number of hydrogen-bond acceptors (Lipinski definition) is 5. The van der Waals surface area contributed by atoms with Crippen LogP contribution in [0.15, 0.2) is 64.0 Å². The van der Waals surface area contributed by atoms with E-state index in [1.54, 1.807) is 48.5 Å². The van der Waals surface area contributed by atoms with Gasteiger partial charge in [-0.05, 0) is 40.2 Å². The van der Waals surface area contributed by atoms with Gasteiger partial charge in [0.1, 0.15) is 12.8 Å². The van der Waals surface area contributed by atoms with Crippen LogP contribution in [0.5, 0.6) is 0 Å². The first-order valence-electron chi connectivity index (χ1n) is 6.82. The Morgan fingerprint density at radius 1 is 1.12 bits per heavy atom. The van der Waals surface area contributed by atoms with Crippen molar-refractivity contribution in [1.29, 1.82) is 0 Å². The molecule has 0 saturated carbocycles. The standard InChI is InChI=1S/C15H15BrN2O5S/c16-12-8-4-5-9-13(12)24(21,22)18-14(10-23-15(19)20)17-11-6-2-1-3-7-11/h1-9,14,17-18H,10H2,(H,19,20). The molecule has 0 aromatic heterocycles. The molecule has 128 valence electrons. The lowest BCUT2D eigenvalue weighted by Gasteiger charge is -2.21. The number of carbonyl (C=O) groups is 1. The third-order valence-corrected chi connectivity index (χ3v) is 5.40. The second kappa shape index (κ2) is 8.13. The number of para-hydroxylation sites is 1. The van der Waals surface area contributed by atoms with E-state index in [9.17, 15) is 13.2 Å². The first-order chi connectivity index (χ1) is 11.4. The minimum absolute atomic E-state index is 0.0418. The van der Waals surface area contributed by atoms with Crippen LogP contribution in [0.1, 0.15) is 0 Å². The van der Waals surface area contributed by atoms with Gasteiger partial charge >= 0.3 is 6.16 Å². The second-order valence-corrected chi connectivity index (χ2v) is 7.23. The summed E-state index contributed by atoms with van der Waals surface area (Å²) in [5.74, 6) is 0. The molecule has 2 aromatic carbocycles. The van der Waals surface area contributed by atoms with Gasteiger partial charge < -0.3 is 15.2 Å². The summed E-state index contributed by atoms with van der Waals surface area (Å²) in [4.78, 5) is 10.7. The molecule has 0 fully saturated rings. The molecule has 24 heavy (non-hydrogen) atoms. The van der Waals surface area contributed by atoms with Gasteiger partial charge in [-0.2, -0.15) is 4.72 Å². The summed E-state index contributed by atoms with van der Waals surface area (Å²) >= 11 is 3.19. The number of benzene rings is 2. The van der Waals surface area contributed by atoms with Gasteiger partial charge in [-0.1, -0.05) is 30.3 Å². The highest BCUT2D eigenvalue weighted by Gasteiger charge is 2.23. The van der Waals surface area contributed by atoms with E-state index >= 15 is 0 Å². The molecule has 0 aliphatic heterocycles. The van der Waals surface area contributed by atoms with Crippen molar-refractivity contribution in [2.24, 2.45) is 0 Å². The highest BCUT2D eigenvalue weighted by atomic mass is 79.9. The van der Waals surface area contributed by atoms with Crippen molar-refractivity contribution >= 4 is 37.8 Å². The maximum absolute atomic E-state index is 12.5. The van der Waals surface area contributed by atoms with Crippen molar-refractivity contribution in [2.45, 2.75) is 11.1 Å². The summed E-state index contributed by atoms with van der Waals surface area (Å²) in [6, 6.07) is 15.1. The summed E-state index contributed by atoms with van der Waals surface area (Å²) in [6.07, 6.45) is -2.46. The third-order valence-electron chi connectivity index (χ3n) is 2.91. The molecule has 9 heteroatoms. The Balaban J connectivity index is 2.20. The number of ether oxygens (including phenoxy) is 1. The number of rotatable bonds is 7. The van der Waals surface area contributed by atoms with Gasteiger partial charge in [0.25, 0.3) is 0 Å². The highest BCUT2D eigenvalue weighted by molar-refractivity contribution is 9.10. The van der Waals surface area contributed by atoms with Gasteiger partial charge in [0.2, 0.25) is 10.0 Å². The minimum atomic E-state index is -3.89. The lowest BCUT2D eigenvalue weighted by Crippen LogP contribution is -2.44. The van der Waals surface area contributed by atoms with E-state index in [1.807, 2.05) is 0 Å². The van der Waals surface area contributed by atoms with Crippen LogP contribution in [-0.4, -0.2) is 32.5 Å². The molecule has 0 radical (unpaired) electrons. The molecule has 2 rings (SSSR count). The fourth-order valence-corrected chi connectivity index (χ4v) is 4.04. The lowest BCUT2D eigenvalue weighted by atomic mass is 10.3. The molecule has 1 atom stereocenters. The van der Waals surface area contributed by atoms with Crippen LogP contribution in [0.25, 0.3) is 0 Å². The van der Waals surface area contributed by atoms with E-state index in [-0.39, 0.29) is 4.90 Å². The Labute approximate surface area is 147 Å². The molecule has 0 amide bonds. The molecule has 0 aliphatic carbocycles. The number of hydrogen-bond donors (Lipinski definition) is 3. The fourth-order valence-electron chi connectivity index (χ4n) is 1.91. The maximum Gasteiger partial charge on any atom is 0.505 e. The number of carboxylic acid groups (broad SMARTS) is 1. The van der Waals surface area contributed by atoms with Gasteiger partial charge in [-0.3, -0.25) is 0 Å². The average Bonchev–Trinajstić information content (AvgIpc) is 2.53. The Kier molecular flexibility index (Phi) is 6.18. The molecule has 0 aliphatic rings. The number of anilines is 1. The molecule has 7 nitrogen and oxygen atoms in total. The van der Waals surface area contributed by atoms with Crippen molar-refractivity contribution in [2.75, 3.05) is 11.9 Å². The van der Waals surface area contributed by atoms with Gasteiger partial charge in [-0.25, -0.2) is 13.2 Å². The normalized spacial score (nSPS) is 12.4. The Morgan fingerprint density at radius 2 is 1.75 bits per heavy atom. The summed E-state index contributed by atoms with van der Waals surface area (Å²) in [5, 5.41) is 11.5. The zero-order chi connectivity index (χ0) is 17.6. The Bertz CT molecular complexity index is 799. The molecule has 2 aromatic rings. The molecular formula is C15H15BrN2O5S. The SMILES string of the molecule is O=C(O)OCC(Nc1ccccc1)NS(=O)(=O)c1ccccc1Br. The molecule has 0 saturated heterocycles. The van der Waals surface area contributed by atoms with Crippen molar-refractivity contribution in [3.05, 3.63) is 59.1 Å². The molecule has 0 bridgehead atoms. The zero-order valence-corrected chi connectivity index (χ0v) is 14.7. The van der Waals surface area contributed by atoms with Crippen LogP contribution in [-0.2, 0) is 14.8 Å². The first-order valence-corrected chi connectivity index (χ1v) is 9.10. The van der Waals surface area contributed by atoms with Crippen LogP contribution in [0.4, 0.5) is 10.5 Å². The van der Waals surface area contributed by atoms with Gasteiger partial charge in [0.15, 0.2) is 0 Å². The average molecular weight is 415 g/mol. The van der Waals surface area contributed by atoms with Crippen LogP contribution in [0, 0.1) is 0 Å². The molecule has 1 unspecified atom stereocenters. The van der Waals surface area contributed by atoms with E-state index in [0.717, 1.165) is 0 Å². The van der Waals surface area contributed by atoms with E-state index in [1.165, 1.54) is 6.07 Å². The topological polar surface area (TPSA) is 105 Å². The molecule has 0 heterocycles. The monoisotopic (exact) mass is 414 g/mol. The summed E-state index contributed by atoms with van der Waals surface area (Å²) in [6.45, 7) is -0.395. The van der Waals surface area contributed by atoms with Crippen LogP contribution >= 0.6 is 15.9 Å². The van der Waals surface area contributed by atoms with E-state index in [4.69, 9.17) is 5.11 Å². The minimum Gasteiger partial charge on any atom is -0.450 e. The zero-order valence-electron chi connectivity index (χ0n) is 12.3. The summed E-state index contributed by atoms with van der Waals surface area (Å²) in [7, 11) is -3.89.